The molecule has 6 heteroatoms. The van der Waals surface area contributed by atoms with Crippen LogP contribution in [0.25, 0.3) is 0 Å². The van der Waals surface area contributed by atoms with Gasteiger partial charge in [-0.05, 0) is 30.5 Å². The topological polar surface area (TPSA) is 55.1 Å². The van der Waals surface area contributed by atoms with Crippen LogP contribution in [0, 0.1) is 5.82 Å². The van der Waals surface area contributed by atoms with Gasteiger partial charge in [-0.25, -0.2) is 18.5 Å². The summed E-state index contributed by atoms with van der Waals surface area (Å²) in [6.45, 7) is 0. The average molecular weight is 249 g/mol. The summed E-state index contributed by atoms with van der Waals surface area (Å²) < 4.78 is 27.0. The molecule has 1 aliphatic carbocycles. The van der Waals surface area contributed by atoms with Crippen molar-refractivity contribution < 1.29 is 8.60 Å². The minimum Gasteiger partial charge on any atom is -0.238 e. The predicted molar refractivity (Wildman–Crippen MR) is 57.9 cm³/mol. The molecule has 0 bridgehead atoms. The van der Waals surface area contributed by atoms with Gasteiger partial charge in [-0.2, -0.15) is 0 Å². The van der Waals surface area contributed by atoms with Gasteiger partial charge in [-0.1, -0.05) is 11.6 Å². The zero-order chi connectivity index (χ0) is 11.0. The Morgan fingerprint density at radius 1 is 1.60 bits per heavy atom. The van der Waals surface area contributed by atoms with Gasteiger partial charge in [-0.3, -0.25) is 0 Å². The monoisotopic (exact) mass is 248 g/mol. The number of halogens is 2. The van der Waals surface area contributed by atoms with Gasteiger partial charge in [0.25, 0.3) is 0 Å². The van der Waals surface area contributed by atoms with Crippen LogP contribution >= 0.6 is 11.6 Å². The maximum Gasteiger partial charge on any atom is 0.164 e. The van der Waals surface area contributed by atoms with E-state index in [1.54, 1.807) is 6.07 Å². The Labute approximate surface area is 94.5 Å². The van der Waals surface area contributed by atoms with Crippen LogP contribution in [0.4, 0.5) is 4.39 Å². The maximum atomic E-state index is 13.6. The summed E-state index contributed by atoms with van der Waals surface area (Å²) in [5.41, 5.74) is 1.40. The Kier molecular flexibility index (Phi) is 3.06. The molecule has 0 fully saturated rings. The van der Waals surface area contributed by atoms with E-state index < -0.39 is 11.2 Å². The molecule has 0 spiro atoms. The van der Waals surface area contributed by atoms with Crippen LogP contribution in [-0.2, 0) is 17.6 Å². The summed E-state index contributed by atoms with van der Waals surface area (Å²) >= 11 is 4.11. The van der Waals surface area contributed by atoms with Crippen LogP contribution in [0.2, 0.25) is 5.02 Å². The first-order chi connectivity index (χ1) is 7.08. The van der Waals surface area contributed by atoms with Gasteiger partial charge in [-0.15, -0.1) is 0 Å². The third kappa shape index (κ3) is 2.20. The van der Waals surface area contributed by atoms with E-state index in [1.807, 2.05) is 0 Å². The number of fused-ring (bicyclic) bond motifs is 1. The Morgan fingerprint density at radius 2 is 2.33 bits per heavy atom. The van der Waals surface area contributed by atoms with Crippen molar-refractivity contribution in [3.05, 3.63) is 34.1 Å². The molecule has 2 atom stereocenters. The fourth-order valence-corrected chi connectivity index (χ4v) is 2.68. The number of hydrogen-bond donors (Lipinski definition) is 2. The van der Waals surface area contributed by atoms with E-state index in [1.165, 1.54) is 6.07 Å². The van der Waals surface area contributed by atoms with Gasteiger partial charge in [0.2, 0.25) is 0 Å². The molecule has 0 saturated carbocycles. The average Bonchev–Trinajstić information content (AvgIpc) is 2.46. The van der Waals surface area contributed by atoms with E-state index >= 15 is 0 Å². The second kappa shape index (κ2) is 4.17. The molecule has 82 valence electrons. The van der Waals surface area contributed by atoms with E-state index in [-0.39, 0.29) is 11.9 Å². The van der Waals surface area contributed by atoms with Crippen LogP contribution in [0.5, 0.6) is 0 Å². The van der Waals surface area contributed by atoms with Crippen molar-refractivity contribution >= 4 is 22.8 Å². The van der Waals surface area contributed by atoms with Gasteiger partial charge in [0.1, 0.15) is 5.82 Å². The largest absolute Gasteiger partial charge is 0.238 e. The van der Waals surface area contributed by atoms with Gasteiger partial charge < -0.3 is 0 Å². The zero-order valence-electron chi connectivity index (χ0n) is 7.80. The molecule has 1 aromatic rings. The zero-order valence-corrected chi connectivity index (χ0v) is 9.37. The van der Waals surface area contributed by atoms with E-state index in [4.69, 9.17) is 16.7 Å². The van der Waals surface area contributed by atoms with E-state index in [2.05, 4.69) is 4.72 Å². The Morgan fingerprint density at radius 3 is 3.00 bits per heavy atom. The van der Waals surface area contributed by atoms with E-state index in [0.717, 1.165) is 12.0 Å². The number of aryl methyl sites for hydroxylation is 1. The normalized spacial score (nSPS) is 21.4. The molecule has 0 radical (unpaired) electrons. The van der Waals surface area contributed by atoms with Crippen molar-refractivity contribution in [3.8, 4) is 0 Å². The number of rotatable bonds is 2. The molecule has 2 rings (SSSR count). The summed E-state index contributed by atoms with van der Waals surface area (Å²) in [4.78, 5) is 0. The minimum absolute atomic E-state index is 0.275. The van der Waals surface area contributed by atoms with Crippen molar-refractivity contribution in [2.45, 2.75) is 18.9 Å². The molecule has 1 aliphatic rings. The molecule has 0 saturated heterocycles. The summed E-state index contributed by atoms with van der Waals surface area (Å²) in [5, 5.41) is 5.51. The van der Waals surface area contributed by atoms with Gasteiger partial charge in [0, 0.05) is 16.6 Å². The lowest BCUT2D eigenvalue weighted by Crippen LogP contribution is -2.27. The third-order valence-electron chi connectivity index (χ3n) is 2.49. The van der Waals surface area contributed by atoms with Crippen molar-refractivity contribution in [1.29, 1.82) is 0 Å². The molecule has 0 aliphatic heterocycles. The van der Waals surface area contributed by atoms with Gasteiger partial charge >= 0.3 is 0 Å². The highest BCUT2D eigenvalue weighted by atomic mass is 35.5. The molecule has 3 N–H and O–H groups in total. The maximum absolute atomic E-state index is 13.6. The number of nitrogens with one attached hydrogen (secondary N) is 1. The highest BCUT2D eigenvalue weighted by Gasteiger charge is 2.27. The summed E-state index contributed by atoms with van der Waals surface area (Å²) in [6.07, 6.45) is 1.41. The first kappa shape index (κ1) is 11.0. The fourth-order valence-electron chi connectivity index (χ4n) is 1.94. The van der Waals surface area contributed by atoms with Crippen molar-refractivity contribution in [2.24, 2.45) is 5.14 Å². The van der Waals surface area contributed by atoms with E-state index in [9.17, 15) is 8.60 Å². The quantitative estimate of drug-likeness (QED) is 0.821. The molecule has 0 heterocycles. The highest BCUT2D eigenvalue weighted by Crippen LogP contribution is 2.35. The molecule has 0 aromatic heterocycles. The molecule has 0 amide bonds. The van der Waals surface area contributed by atoms with Crippen LogP contribution in [0.15, 0.2) is 12.1 Å². The lowest BCUT2D eigenvalue weighted by atomic mass is 10.1. The van der Waals surface area contributed by atoms with Crippen molar-refractivity contribution in [3.63, 3.8) is 0 Å². The first-order valence-corrected chi connectivity index (χ1v) is 6.07. The Bertz CT molecular complexity index is 427. The molecule has 15 heavy (non-hydrogen) atoms. The molecular formula is C9H10ClFN2OS. The molecule has 1 aromatic carbocycles. The Balaban J connectivity index is 2.37. The fraction of sp³-hybridized carbons (Fsp3) is 0.333. The number of hydrogen-bond acceptors (Lipinski definition) is 1. The lowest BCUT2D eigenvalue weighted by molar-refractivity contribution is 0.568. The first-order valence-electron chi connectivity index (χ1n) is 4.48. The van der Waals surface area contributed by atoms with Crippen LogP contribution in [0.1, 0.15) is 23.6 Å². The SMILES string of the molecule is NS(=O)NC1CCc2cc(Cl)cc(F)c21. The van der Waals surface area contributed by atoms with Crippen LogP contribution in [0.3, 0.4) is 0 Å². The van der Waals surface area contributed by atoms with Gasteiger partial charge in [0.05, 0.1) is 0 Å². The summed E-state index contributed by atoms with van der Waals surface area (Å²) in [6, 6.07) is 2.73. The molecule has 3 nitrogen and oxygen atoms in total. The lowest BCUT2D eigenvalue weighted by Gasteiger charge is -2.12. The minimum atomic E-state index is -1.63. The second-order valence-electron chi connectivity index (χ2n) is 3.47. The van der Waals surface area contributed by atoms with Crippen LogP contribution < -0.4 is 9.86 Å². The number of nitrogens with two attached hydrogens (primary N) is 1. The highest BCUT2D eigenvalue weighted by molar-refractivity contribution is 7.80. The third-order valence-corrected chi connectivity index (χ3v) is 3.22. The van der Waals surface area contributed by atoms with Crippen LogP contribution in [-0.4, -0.2) is 4.21 Å². The predicted octanol–water partition coefficient (Wildman–Crippen LogP) is 1.59. The standard InChI is InChI=1S/C9H10ClFN2OS/c10-6-3-5-1-2-8(13-15(12)14)9(5)7(11)4-6/h3-4,8,13H,1-2,12H2. The summed E-state index contributed by atoms with van der Waals surface area (Å²) in [7, 11) is 0. The second-order valence-corrected chi connectivity index (χ2v) is 4.73. The van der Waals surface area contributed by atoms with Crippen molar-refractivity contribution in [1.82, 2.24) is 4.72 Å². The molecule has 2 unspecified atom stereocenters. The summed E-state index contributed by atoms with van der Waals surface area (Å²) in [5.74, 6) is -0.363. The number of benzene rings is 1. The Hall–Kier alpha value is -0.490. The van der Waals surface area contributed by atoms with Crippen molar-refractivity contribution in [2.75, 3.05) is 0 Å². The smallest absolute Gasteiger partial charge is 0.164 e. The van der Waals surface area contributed by atoms with Gasteiger partial charge in [0.15, 0.2) is 11.2 Å². The van der Waals surface area contributed by atoms with E-state index in [0.29, 0.717) is 17.0 Å². The molecular weight excluding hydrogens is 239 g/mol.